The molecular weight excluding hydrogens is 261 g/mol. The van der Waals surface area contributed by atoms with Crippen LogP contribution in [0.4, 0.5) is 10.1 Å². The van der Waals surface area contributed by atoms with Crippen LogP contribution in [0, 0.1) is 5.82 Å². The molecule has 0 saturated heterocycles. The van der Waals surface area contributed by atoms with Crippen LogP contribution >= 0.6 is 0 Å². The number of hydrogen-bond donors (Lipinski definition) is 3. The Bertz CT molecular complexity index is 515. The summed E-state index contributed by atoms with van der Waals surface area (Å²) in [6, 6.07) is 4.00. The van der Waals surface area contributed by atoms with Gasteiger partial charge in [-0.2, -0.15) is 0 Å². The van der Waals surface area contributed by atoms with Gasteiger partial charge in [0.15, 0.2) is 0 Å². The highest BCUT2D eigenvalue weighted by Crippen LogP contribution is 2.18. The van der Waals surface area contributed by atoms with Crippen LogP contribution in [0.25, 0.3) is 0 Å². The Morgan fingerprint density at radius 2 is 2.10 bits per heavy atom. The fourth-order valence-corrected chi connectivity index (χ4v) is 1.81. The Hall–Kier alpha value is -2.11. The molecule has 6 heteroatoms. The van der Waals surface area contributed by atoms with Crippen molar-refractivity contribution in [3.8, 4) is 0 Å². The van der Waals surface area contributed by atoms with Crippen LogP contribution in [0.1, 0.15) is 36.0 Å². The van der Waals surface area contributed by atoms with E-state index in [0.717, 1.165) is 18.9 Å². The highest BCUT2D eigenvalue weighted by atomic mass is 19.1. The molecule has 0 aliphatic heterocycles. The smallest absolute Gasteiger partial charge is 0.253 e. The molecule has 4 N–H and O–H groups in total. The van der Waals surface area contributed by atoms with Crippen molar-refractivity contribution in [3.05, 3.63) is 29.6 Å². The maximum Gasteiger partial charge on any atom is 0.253 e. The minimum Gasteiger partial charge on any atom is -0.398 e. The molecule has 1 saturated carbocycles. The Morgan fingerprint density at radius 3 is 2.75 bits per heavy atom. The lowest BCUT2D eigenvalue weighted by Gasteiger charge is -2.07. The predicted molar refractivity (Wildman–Crippen MR) is 73.5 cm³/mol. The van der Waals surface area contributed by atoms with E-state index in [0.29, 0.717) is 25.4 Å². The number of carbonyl (C=O) groups excluding carboxylic acids is 2. The lowest BCUT2D eigenvalue weighted by molar-refractivity contribution is -0.121. The molecule has 1 fully saturated rings. The normalized spacial score (nSPS) is 13.8. The third kappa shape index (κ3) is 4.22. The lowest BCUT2D eigenvalue weighted by atomic mass is 10.1. The monoisotopic (exact) mass is 279 g/mol. The fourth-order valence-electron chi connectivity index (χ4n) is 1.81. The summed E-state index contributed by atoms with van der Waals surface area (Å²) in [6.45, 7) is 0.383. The highest BCUT2D eigenvalue weighted by molar-refractivity contribution is 5.99. The summed E-state index contributed by atoms with van der Waals surface area (Å²) in [5.41, 5.74) is 5.92. The van der Waals surface area contributed by atoms with E-state index in [4.69, 9.17) is 5.73 Å². The molecule has 1 aromatic carbocycles. The highest BCUT2D eigenvalue weighted by Gasteiger charge is 2.22. The summed E-state index contributed by atoms with van der Waals surface area (Å²) in [6.07, 6.45) is 3.07. The first-order valence-corrected chi connectivity index (χ1v) is 6.69. The zero-order valence-corrected chi connectivity index (χ0v) is 11.1. The van der Waals surface area contributed by atoms with Gasteiger partial charge in [-0.15, -0.1) is 0 Å². The summed E-state index contributed by atoms with van der Waals surface area (Å²) in [5, 5.41) is 5.54. The van der Waals surface area contributed by atoms with Gasteiger partial charge in [0.2, 0.25) is 5.91 Å². The quantitative estimate of drug-likeness (QED) is 0.540. The summed E-state index contributed by atoms with van der Waals surface area (Å²) in [7, 11) is 0. The Balaban J connectivity index is 1.70. The van der Waals surface area contributed by atoms with Crippen LogP contribution in [0.15, 0.2) is 18.2 Å². The molecule has 20 heavy (non-hydrogen) atoms. The van der Waals surface area contributed by atoms with Crippen molar-refractivity contribution in [1.29, 1.82) is 0 Å². The maximum atomic E-state index is 12.9. The van der Waals surface area contributed by atoms with Crippen molar-refractivity contribution < 1.29 is 14.0 Å². The number of benzene rings is 1. The minimum atomic E-state index is -0.476. The van der Waals surface area contributed by atoms with Crippen LogP contribution in [0.5, 0.6) is 0 Å². The fraction of sp³-hybridized carbons (Fsp3) is 0.429. The number of nitrogens with one attached hydrogen (secondary N) is 2. The summed E-state index contributed by atoms with van der Waals surface area (Å²) >= 11 is 0. The zero-order valence-electron chi connectivity index (χ0n) is 11.1. The molecule has 0 heterocycles. The molecule has 1 aliphatic carbocycles. The second kappa shape index (κ2) is 6.36. The van der Waals surface area contributed by atoms with E-state index < -0.39 is 5.82 Å². The number of amides is 2. The lowest BCUT2D eigenvalue weighted by Crippen LogP contribution is -2.28. The number of nitrogen functional groups attached to an aromatic ring is 1. The van der Waals surface area contributed by atoms with E-state index in [-0.39, 0.29) is 23.1 Å². The van der Waals surface area contributed by atoms with Crippen LogP contribution in [-0.2, 0) is 4.79 Å². The Kier molecular flexibility index (Phi) is 4.55. The predicted octanol–water partition coefficient (Wildman–Crippen LogP) is 1.20. The van der Waals surface area contributed by atoms with Crippen LogP contribution in [0.2, 0.25) is 0 Å². The van der Waals surface area contributed by atoms with E-state index in [2.05, 4.69) is 10.6 Å². The second-order valence-electron chi connectivity index (χ2n) is 4.93. The molecule has 0 aromatic heterocycles. The molecule has 0 bridgehead atoms. The molecule has 0 spiro atoms. The van der Waals surface area contributed by atoms with Crippen molar-refractivity contribution >= 4 is 17.5 Å². The van der Waals surface area contributed by atoms with Gasteiger partial charge in [-0.05, 0) is 37.5 Å². The molecular formula is C14H18FN3O2. The number of nitrogens with two attached hydrogens (primary N) is 1. The number of halogens is 1. The summed E-state index contributed by atoms with van der Waals surface area (Å²) in [4.78, 5) is 23.2. The molecule has 2 amide bonds. The van der Waals surface area contributed by atoms with Crippen LogP contribution < -0.4 is 16.4 Å². The van der Waals surface area contributed by atoms with E-state index >= 15 is 0 Å². The maximum absolute atomic E-state index is 12.9. The molecule has 0 radical (unpaired) electrons. The van der Waals surface area contributed by atoms with Gasteiger partial charge in [0.25, 0.3) is 5.91 Å². The summed E-state index contributed by atoms with van der Waals surface area (Å²) in [5.74, 6) is -0.816. The molecule has 2 rings (SSSR count). The van der Waals surface area contributed by atoms with E-state index in [1.807, 2.05) is 0 Å². The van der Waals surface area contributed by atoms with Crippen LogP contribution in [0.3, 0.4) is 0 Å². The number of rotatable bonds is 6. The Labute approximate surface area is 116 Å². The van der Waals surface area contributed by atoms with Gasteiger partial charge in [-0.3, -0.25) is 9.59 Å². The Morgan fingerprint density at radius 1 is 1.35 bits per heavy atom. The first-order chi connectivity index (χ1) is 9.56. The van der Waals surface area contributed by atoms with Crippen molar-refractivity contribution in [3.63, 3.8) is 0 Å². The van der Waals surface area contributed by atoms with Crippen molar-refractivity contribution in [2.45, 2.75) is 31.7 Å². The van der Waals surface area contributed by atoms with Gasteiger partial charge in [-0.25, -0.2) is 4.39 Å². The third-order valence-electron chi connectivity index (χ3n) is 3.07. The van der Waals surface area contributed by atoms with E-state index in [1.54, 1.807) is 0 Å². The molecule has 108 valence electrons. The first kappa shape index (κ1) is 14.3. The molecule has 5 nitrogen and oxygen atoms in total. The van der Waals surface area contributed by atoms with Gasteiger partial charge < -0.3 is 16.4 Å². The van der Waals surface area contributed by atoms with Gasteiger partial charge in [0, 0.05) is 24.7 Å². The molecule has 0 atom stereocenters. The topological polar surface area (TPSA) is 84.2 Å². The number of anilines is 1. The standard InChI is InChI=1S/C14H18FN3O2/c15-9-3-6-11(12(16)8-9)14(20)17-7-1-2-13(19)18-10-4-5-10/h3,6,8,10H,1-2,4-5,7,16H2,(H,17,20)(H,18,19). The SMILES string of the molecule is Nc1cc(F)ccc1C(=O)NCCCC(=O)NC1CC1. The van der Waals surface area contributed by atoms with Gasteiger partial charge >= 0.3 is 0 Å². The summed E-state index contributed by atoms with van der Waals surface area (Å²) < 4.78 is 12.9. The molecule has 0 unspecified atom stereocenters. The second-order valence-corrected chi connectivity index (χ2v) is 4.93. The van der Waals surface area contributed by atoms with Crippen LogP contribution in [-0.4, -0.2) is 24.4 Å². The molecule has 1 aromatic rings. The average molecular weight is 279 g/mol. The third-order valence-corrected chi connectivity index (χ3v) is 3.07. The van der Waals surface area contributed by atoms with Crippen molar-refractivity contribution in [2.24, 2.45) is 0 Å². The van der Waals surface area contributed by atoms with Gasteiger partial charge in [-0.1, -0.05) is 0 Å². The van der Waals surface area contributed by atoms with Gasteiger partial charge in [0.05, 0.1) is 5.56 Å². The largest absolute Gasteiger partial charge is 0.398 e. The average Bonchev–Trinajstić information content (AvgIpc) is 3.18. The van der Waals surface area contributed by atoms with Crippen molar-refractivity contribution in [1.82, 2.24) is 10.6 Å². The first-order valence-electron chi connectivity index (χ1n) is 6.69. The minimum absolute atomic E-state index is 0.0167. The van der Waals surface area contributed by atoms with E-state index in [9.17, 15) is 14.0 Å². The van der Waals surface area contributed by atoms with E-state index in [1.165, 1.54) is 12.1 Å². The zero-order chi connectivity index (χ0) is 14.5. The van der Waals surface area contributed by atoms with Gasteiger partial charge in [0.1, 0.15) is 5.82 Å². The molecule has 1 aliphatic rings. The number of hydrogen-bond acceptors (Lipinski definition) is 3. The number of carbonyl (C=O) groups is 2. The van der Waals surface area contributed by atoms with Crippen molar-refractivity contribution in [2.75, 3.05) is 12.3 Å².